The number of carbonyl (C=O) groups excluding carboxylic acids is 1. The van der Waals surface area contributed by atoms with Gasteiger partial charge in [-0.1, -0.05) is 11.6 Å². The molecule has 0 spiro atoms. The number of imidazole rings is 1. The van der Waals surface area contributed by atoms with E-state index in [1.165, 1.54) is 18.3 Å². The quantitative estimate of drug-likeness (QED) is 0.200. The number of anilines is 2. The predicted octanol–water partition coefficient (Wildman–Crippen LogP) is 6.23. The molecule has 48 heavy (non-hydrogen) atoms. The van der Waals surface area contributed by atoms with Crippen LogP contribution in [-0.4, -0.2) is 66.5 Å². The molecule has 254 valence electrons. The Labute approximate surface area is 277 Å². The van der Waals surface area contributed by atoms with Gasteiger partial charge in [-0.25, -0.2) is 19.3 Å². The number of fused-ring (bicyclic) bond motifs is 1. The smallest absolute Gasteiger partial charge is 0.416 e. The number of nitrogens with one attached hydrogen (secondary N) is 1. The topological polar surface area (TPSA) is 148 Å². The van der Waals surface area contributed by atoms with Crippen LogP contribution in [0.25, 0.3) is 16.8 Å². The van der Waals surface area contributed by atoms with Gasteiger partial charge in [0.05, 0.1) is 23.8 Å². The average Bonchev–Trinajstić information content (AvgIpc) is 3.45. The normalized spacial score (nSPS) is 23.7. The van der Waals surface area contributed by atoms with Crippen LogP contribution in [0.3, 0.4) is 0 Å². The molecule has 4 heterocycles. The molecule has 1 aliphatic heterocycles. The minimum Gasteiger partial charge on any atom is -0.481 e. The highest BCUT2D eigenvalue weighted by Gasteiger charge is 2.42. The lowest BCUT2D eigenvalue weighted by molar-refractivity contribution is -0.151. The molecular formula is C32H32ClF4N7O4. The fraction of sp³-hybridized carbons (Fsp3) is 0.406. The zero-order valence-corrected chi connectivity index (χ0v) is 26.6. The van der Waals surface area contributed by atoms with Crippen LogP contribution in [0.2, 0.25) is 5.15 Å². The van der Waals surface area contributed by atoms with Crippen LogP contribution in [0.4, 0.5) is 29.2 Å². The van der Waals surface area contributed by atoms with Crippen molar-refractivity contribution in [3.05, 3.63) is 70.6 Å². The van der Waals surface area contributed by atoms with Gasteiger partial charge in [-0.15, -0.1) is 0 Å². The third kappa shape index (κ3) is 6.29. The minimum atomic E-state index is -4.64. The van der Waals surface area contributed by atoms with Crippen molar-refractivity contribution in [1.29, 1.82) is 0 Å². The van der Waals surface area contributed by atoms with E-state index < -0.39 is 41.0 Å². The molecule has 2 fully saturated rings. The maximum absolute atomic E-state index is 15.8. The molecule has 11 nitrogen and oxygen atoms in total. The Balaban J connectivity index is 1.30. The molecule has 0 radical (unpaired) electrons. The van der Waals surface area contributed by atoms with E-state index in [4.69, 9.17) is 27.1 Å². The molecule has 6 rings (SSSR count). The number of carbonyl (C=O) groups is 2. The fourth-order valence-corrected chi connectivity index (χ4v) is 6.69. The summed E-state index contributed by atoms with van der Waals surface area (Å²) >= 11 is 6.61. The van der Waals surface area contributed by atoms with Gasteiger partial charge in [0.2, 0.25) is 0 Å². The molecule has 0 unspecified atom stereocenters. The Morgan fingerprint density at radius 1 is 1.17 bits per heavy atom. The zero-order chi connectivity index (χ0) is 34.5. The number of carboxylic acid groups (broad SMARTS) is 1. The van der Waals surface area contributed by atoms with E-state index in [1.807, 2.05) is 6.92 Å². The summed E-state index contributed by atoms with van der Waals surface area (Å²) in [6, 6.07) is 5.18. The van der Waals surface area contributed by atoms with Crippen LogP contribution in [0.15, 0.2) is 42.7 Å². The number of aromatic nitrogens is 4. The molecule has 2 aliphatic rings. The Morgan fingerprint density at radius 2 is 1.90 bits per heavy atom. The first-order chi connectivity index (χ1) is 22.7. The summed E-state index contributed by atoms with van der Waals surface area (Å²) in [5.41, 5.74) is 4.65. The fourth-order valence-electron chi connectivity index (χ4n) is 6.47. The number of morpholine rings is 1. The SMILES string of the molecule is C[C@H]1CO[C@@H](c2nc(-c3ccc(C(=O)Nc4cc(C(F)(F)F)ccn4)cc3F)c3c(N)ncc(Cl)n23)CN1[C@H]1CC[C@@](C)(C(=O)O)CC1. The molecule has 3 aromatic heterocycles. The van der Waals surface area contributed by atoms with E-state index in [0.29, 0.717) is 50.7 Å². The van der Waals surface area contributed by atoms with Crippen molar-refractivity contribution in [3.63, 3.8) is 0 Å². The zero-order valence-electron chi connectivity index (χ0n) is 25.9. The van der Waals surface area contributed by atoms with Crippen molar-refractivity contribution in [1.82, 2.24) is 24.3 Å². The number of ether oxygens (including phenoxy) is 1. The first-order valence-electron chi connectivity index (χ1n) is 15.2. The number of hydrogen-bond acceptors (Lipinski definition) is 8. The summed E-state index contributed by atoms with van der Waals surface area (Å²) in [5, 5.41) is 12.1. The lowest BCUT2D eigenvalue weighted by atomic mass is 9.73. The third-order valence-electron chi connectivity index (χ3n) is 9.30. The summed E-state index contributed by atoms with van der Waals surface area (Å²) in [6.45, 7) is 4.60. The van der Waals surface area contributed by atoms with Crippen LogP contribution < -0.4 is 11.1 Å². The number of rotatable bonds is 6. The summed E-state index contributed by atoms with van der Waals surface area (Å²) in [4.78, 5) is 39.6. The first kappa shape index (κ1) is 33.6. The van der Waals surface area contributed by atoms with E-state index in [-0.39, 0.29) is 51.2 Å². The summed E-state index contributed by atoms with van der Waals surface area (Å²) < 4.78 is 62.8. The number of pyridine rings is 1. The Morgan fingerprint density at radius 3 is 2.56 bits per heavy atom. The summed E-state index contributed by atoms with van der Waals surface area (Å²) in [6.07, 6.45) is -0.468. The van der Waals surface area contributed by atoms with Gasteiger partial charge in [0.15, 0.2) is 0 Å². The standard InChI is InChI=1S/C32H32ClF4N7O4/c1-16-15-48-22(14-43(16)19-5-8-31(2,9-6-19)30(46)47)28-42-25(26-27(38)40-13-23(33)44(26)28)20-4-3-17(11-21(20)34)29(45)41-24-12-18(7-10-39-24)32(35,36)37/h3-4,7,10-13,16,19,22H,5-6,8-9,14-15H2,1-2H3,(H2,38,40)(H,46,47)(H,39,41,45)/t16-,19-,22+,31+/m0/s1. The van der Waals surface area contributed by atoms with E-state index in [2.05, 4.69) is 20.2 Å². The number of amides is 1. The largest absolute Gasteiger partial charge is 0.481 e. The molecule has 4 aromatic rings. The predicted molar refractivity (Wildman–Crippen MR) is 168 cm³/mol. The summed E-state index contributed by atoms with van der Waals surface area (Å²) in [5.74, 6) is -2.49. The molecular weight excluding hydrogens is 658 g/mol. The maximum Gasteiger partial charge on any atom is 0.416 e. The van der Waals surface area contributed by atoms with Crippen molar-refractivity contribution < 1.29 is 37.0 Å². The van der Waals surface area contributed by atoms with Gasteiger partial charge in [-0.05, 0) is 69.9 Å². The summed E-state index contributed by atoms with van der Waals surface area (Å²) in [7, 11) is 0. The van der Waals surface area contributed by atoms with E-state index in [0.717, 1.165) is 18.3 Å². The van der Waals surface area contributed by atoms with Crippen molar-refractivity contribution in [2.45, 2.75) is 63.9 Å². The van der Waals surface area contributed by atoms with Gasteiger partial charge in [-0.3, -0.25) is 18.9 Å². The van der Waals surface area contributed by atoms with Crippen LogP contribution >= 0.6 is 11.6 Å². The second-order valence-corrected chi connectivity index (χ2v) is 12.9. The highest BCUT2D eigenvalue weighted by molar-refractivity contribution is 6.30. The highest BCUT2D eigenvalue weighted by Crippen LogP contribution is 2.41. The maximum atomic E-state index is 15.8. The molecule has 1 amide bonds. The molecule has 16 heteroatoms. The lowest BCUT2D eigenvalue weighted by Gasteiger charge is -2.46. The van der Waals surface area contributed by atoms with Crippen molar-refractivity contribution in [3.8, 4) is 11.3 Å². The Kier molecular flexibility index (Phi) is 8.81. The van der Waals surface area contributed by atoms with Crippen molar-refractivity contribution in [2.75, 3.05) is 24.2 Å². The number of hydrogen-bond donors (Lipinski definition) is 3. The van der Waals surface area contributed by atoms with Crippen LogP contribution in [0, 0.1) is 11.2 Å². The van der Waals surface area contributed by atoms with Crippen LogP contribution in [0.1, 0.15) is 67.4 Å². The molecule has 0 bridgehead atoms. The number of benzene rings is 1. The van der Waals surface area contributed by atoms with E-state index in [1.54, 1.807) is 11.3 Å². The number of carboxylic acids is 1. The molecule has 4 N–H and O–H groups in total. The average molecular weight is 690 g/mol. The van der Waals surface area contributed by atoms with Crippen LogP contribution in [-0.2, 0) is 15.7 Å². The van der Waals surface area contributed by atoms with E-state index >= 15 is 4.39 Å². The van der Waals surface area contributed by atoms with Gasteiger partial charge in [0, 0.05) is 36.0 Å². The molecule has 1 aromatic carbocycles. The highest BCUT2D eigenvalue weighted by atomic mass is 35.5. The Hall–Kier alpha value is -4.34. The van der Waals surface area contributed by atoms with E-state index in [9.17, 15) is 27.9 Å². The van der Waals surface area contributed by atoms with Gasteiger partial charge in [0.1, 0.15) is 45.7 Å². The molecule has 1 saturated heterocycles. The van der Waals surface area contributed by atoms with Crippen molar-refractivity contribution >= 4 is 40.6 Å². The van der Waals surface area contributed by atoms with Gasteiger partial charge < -0.3 is 20.9 Å². The monoisotopic (exact) mass is 689 g/mol. The van der Waals surface area contributed by atoms with Gasteiger partial charge in [0.25, 0.3) is 5.91 Å². The lowest BCUT2D eigenvalue weighted by Crippen LogP contribution is -2.52. The van der Waals surface area contributed by atoms with Gasteiger partial charge >= 0.3 is 12.1 Å². The number of nitrogen functional groups attached to an aromatic ring is 1. The molecule has 1 saturated carbocycles. The second-order valence-electron chi connectivity index (χ2n) is 12.5. The number of nitrogens with zero attached hydrogens (tertiary/aromatic N) is 5. The molecule has 1 aliphatic carbocycles. The second kappa shape index (κ2) is 12.6. The number of halogens is 5. The minimum absolute atomic E-state index is 0.0197. The number of nitrogens with two attached hydrogens (primary N) is 1. The first-order valence-corrected chi connectivity index (χ1v) is 15.6. The molecule has 2 atom stereocenters. The third-order valence-corrected chi connectivity index (χ3v) is 9.57. The van der Waals surface area contributed by atoms with Crippen LogP contribution in [0.5, 0.6) is 0 Å². The van der Waals surface area contributed by atoms with Crippen molar-refractivity contribution in [2.24, 2.45) is 5.41 Å². The number of aliphatic carboxylic acids is 1. The van der Waals surface area contributed by atoms with Gasteiger partial charge in [-0.2, -0.15) is 13.2 Å². The number of alkyl halides is 3. The Bertz CT molecular complexity index is 1890.